The van der Waals surface area contributed by atoms with Gasteiger partial charge in [0.1, 0.15) is 6.54 Å². The van der Waals surface area contributed by atoms with E-state index in [-0.39, 0.29) is 32.6 Å². The summed E-state index contributed by atoms with van der Waals surface area (Å²) in [5, 5.41) is 28.8. The van der Waals surface area contributed by atoms with Crippen molar-refractivity contribution in [2.45, 2.75) is 26.2 Å². The maximum Gasteiger partial charge on any atom is 0.444 e. The summed E-state index contributed by atoms with van der Waals surface area (Å²) in [6.07, 6.45) is 1.45. The average Bonchev–Trinajstić information content (AvgIpc) is 2.86. The summed E-state index contributed by atoms with van der Waals surface area (Å²) < 4.78 is 0. The van der Waals surface area contributed by atoms with Crippen LogP contribution in [0.15, 0.2) is 24.3 Å². The molecule has 1 rings (SSSR count). The second-order valence-corrected chi connectivity index (χ2v) is 9.68. The van der Waals surface area contributed by atoms with Gasteiger partial charge >= 0.3 is 23.8 Å². The van der Waals surface area contributed by atoms with E-state index < -0.39 is 23.8 Å². The number of carboxylic acid groups (broad SMARTS) is 3. The lowest BCUT2D eigenvalue weighted by atomic mass is 10.1. The second kappa shape index (κ2) is 18.9. The standard InChI is InChI=1S/C26H41N5O8/c1-21-5-7-22(8-6-21)4-3-10-30(18-23(32)27-39)16-17-31(20-26(37)38)15-14-29(11-9-24(33)34)13-12-28(2)19-25(35)36/h5-8H,3-4,9-20H2,1-2H3,(H,33,34)(H,35,36)(H,37,38)/p+1. The third-order valence-electron chi connectivity index (χ3n) is 6.21. The Morgan fingerprint density at radius 2 is 1.23 bits per heavy atom. The molecule has 0 radical (unpaired) electrons. The molecular weight excluding hydrogens is 510 g/mol. The van der Waals surface area contributed by atoms with Crippen molar-refractivity contribution in [1.82, 2.24) is 19.6 Å². The van der Waals surface area contributed by atoms with Gasteiger partial charge in [-0.3, -0.25) is 29.1 Å². The molecule has 4 N–H and O–H groups in total. The summed E-state index contributed by atoms with van der Waals surface area (Å²) >= 11 is 0. The molecule has 0 aliphatic rings. The molecule has 0 saturated heterocycles. The minimum atomic E-state index is -1.02. The number of nitrogens with one attached hydrogen (secondary N) is 1. The Kier molecular flexibility index (Phi) is 16.4. The van der Waals surface area contributed by atoms with Gasteiger partial charge in [-0.1, -0.05) is 29.8 Å². The van der Waals surface area contributed by atoms with Crippen LogP contribution in [0.4, 0.5) is 0 Å². The van der Waals surface area contributed by atoms with Crippen molar-refractivity contribution in [2.75, 3.05) is 79.0 Å². The van der Waals surface area contributed by atoms with E-state index in [1.807, 2.05) is 41.0 Å². The van der Waals surface area contributed by atoms with E-state index in [1.54, 1.807) is 16.8 Å². The van der Waals surface area contributed by atoms with Crippen LogP contribution in [0, 0.1) is 11.8 Å². The zero-order valence-corrected chi connectivity index (χ0v) is 22.9. The van der Waals surface area contributed by atoms with E-state index in [1.165, 1.54) is 10.7 Å². The topological polar surface area (TPSA) is 173 Å². The van der Waals surface area contributed by atoms with Crippen LogP contribution in [0.3, 0.4) is 0 Å². The summed E-state index contributed by atoms with van der Waals surface area (Å²) in [6, 6.07) is 8.17. The first-order chi connectivity index (χ1) is 18.5. The number of nitroso groups, excluding NO2 is 1. The average molecular weight is 553 g/mol. The Morgan fingerprint density at radius 1 is 0.692 bits per heavy atom. The Labute approximate surface area is 228 Å². The van der Waals surface area contributed by atoms with Gasteiger partial charge in [-0.2, -0.15) is 0 Å². The van der Waals surface area contributed by atoms with Gasteiger partial charge in [0.25, 0.3) is 0 Å². The van der Waals surface area contributed by atoms with E-state index >= 15 is 0 Å². The van der Waals surface area contributed by atoms with E-state index in [2.05, 4.69) is 0 Å². The van der Waals surface area contributed by atoms with Crippen molar-refractivity contribution >= 4 is 23.8 Å². The third kappa shape index (κ3) is 17.0. The van der Waals surface area contributed by atoms with E-state index in [0.717, 1.165) is 18.4 Å². The molecule has 13 heteroatoms. The van der Waals surface area contributed by atoms with Gasteiger partial charge in [0.05, 0.1) is 24.7 Å². The molecule has 218 valence electrons. The van der Waals surface area contributed by atoms with E-state index in [4.69, 9.17) is 10.2 Å². The van der Waals surface area contributed by atoms with Crippen molar-refractivity contribution < 1.29 is 39.7 Å². The number of amides is 1. The molecule has 0 aliphatic carbocycles. The van der Waals surface area contributed by atoms with Crippen LogP contribution in [0.5, 0.6) is 0 Å². The van der Waals surface area contributed by atoms with Gasteiger partial charge < -0.3 is 20.2 Å². The molecular formula is C26H42N5O8+. The highest BCUT2D eigenvalue weighted by Gasteiger charge is 2.19. The number of nitrogens with zero attached hydrogens (tertiary/aromatic N) is 4. The van der Waals surface area contributed by atoms with Crippen molar-refractivity contribution in [3.63, 3.8) is 0 Å². The van der Waals surface area contributed by atoms with Crippen molar-refractivity contribution in [1.29, 1.82) is 0 Å². The summed E-state index contributed by atoms with van der Waals surface area (Å²) in [5.41, 5.74) is 2.33. The maximum absolute atomic E-state index is 11.8. The fourth-order valence-corrected chi connectivity index (χ4v) is 4.00. The lowest BCUT2D eigenvalue weighted by molar-refractivity contribution is -0.398. The van der Waals surface area contributed by atoms with Crippen LogP contribution < -0.4 is 5.18 Å². The number of carbonyl (C=O) groups is 4. The molecule has 0 spiro atoms. The van der Waals surface area contributed by atoms with Gasteiger partial charge in [-0.25, -0.2) is 4.79 Å². The number of hydrogen-bond acceptors (Lipinski definition) is 9. The fourth-order valence-electron chi connectivity index (χ4n) is 4.00. The third-order valence-corrected chi connectivity index (χ3v) is 6.21. The smallest absolute Gasteiger partial charge is 0.444 e. The quantitative estimate of drug-likeness (QED) is 0.135. The fraction of sp³-hybridized carbons (Fsp3) is 0.615. The molecule has 1 amide bonds. The predicted molar refractivity (Wildman–Crippen MR) is 143 cm³/mol. The SMILES string of the molecule is Cc1ccc(CCCN(CCN(CCN(CCC(=O)O)CCN(C)CC(=O)O)CC(=O)O)CC(=O)[NH+]=O)cc1. The summed E-state index contributed by atoms with van der Waals surface area (Å²) in [4.78, 5) is 63.1. The summed E-state index contributed by atoms with van der Waals surface area (Å²) in [6.45, 7) is 4.56. The summed E-state index contributed by atoms with van der Waals surface area (Å²) in [5.74, 6) is -3.60. The molecule has 0 fully saturated rings. The van der Waals surface area contributed by atoms with E-state index in [0.29, 0.717) is 45.8 Å². The molecule has 39 heavy (non-hydrogen) atoms. The van der Waals surface area contributed by atoms with Gasteiger partial charge in [-0.05, 0) is 38.9 Å². The Balaban J connectivity index is 2.74. The molecule has 0 heterocycles. The highest BCUT2D eigenvalue weighted by Crippen LogP contribution is 2.07. The summed E-state index contributed by atoms with van der Waals surface area (Å²) in [7, 11) is 1.66. The van der Waals surface area contributed by atoms with Crippen LogP contribution in [0.2, 0.25) is 0 Å². The zero-order chi connectivity index (χ0) is 29.2. The number of carbonyl (C=O) groups excluding carboxylic acids is 1. The number of carboxylic acids is 3. The minimum absolute atomic E-state index is 0.0966. The van der Waals surface area contributed by atoms with Crippen LogP contribution in [0.25, 0.3) is 0 Å². The number of likely N-dealkylation sites (N-methyl/N-ethyl adjacent to an activating group) is 1. The lowest BCUT2D eigenvalue weighted by Gasteiger charge is -2.29. The first kappa shape index (κ1) is 33.8. The number of aryl methyl sites for hydroxylation is 2. The minimum Gasteiger partial charge on any atom is -0.481 e. The highest BCUT2D eigenvalue weighted by molar-refractivity contribution is 5.69. The Morgan fingerprint density at radius 3 is 1.77 bits per heavy atom. The maximum atomic E-state index is 11.8. The Hall–Kier alpha value is -3.26. The van der Waals surface area contributed by atoms with Crippen LogP contribution in [-0.4, -0.2) is 138 Å². The number of benzene rings is 1. The normalized spacial score (nSPS) is 11.4. The van der Waals surface area contributed by atoms with Crippen LogP contribution in [-0.2, 0) is 25.6 Å². The second-order valence-electron chi connectivity index (χ2n) is 9.68. The van der Waals surface area contributed by atoms with Crippen LogP contribution in [0.1, 0.15) is 24.0 Å². The van der Waals surface area contributed by atoms with Crippen molar-refractivity contribution in [3.05, 3.63) is 40.3 Å². The lowest BCUT2D eigenvalue weighted by Crippen LogP contribution is -2.72. The number of hydrogen-bond donors (Lipinski definition) is 4. The predicted octanol–water partition coefficient (Wildman–Crippen LogP) is -1.22. The molecule has 0 unspecified atom stereocenters. The molecule has 0 saturated carbocycles. The molecule has 0 aliphatic heterocycles. The molecule has 0 aromatic heterocycles. The van der Waals surface area contributed by atoms with Gasteiger partial charge in [-0.15, -0.1) is 0 Å². The first-order valence-electron chi connectivity index (χ1n) is 13.0. The van der Waals surface area contributed by atoms with Gasteiger partial charge in [0.15, 0.2) is 0 Å². The van der Waals surface area contributed by atoms with Gasteiger partial charge in [0, 0.05) is 50.7 Å². The number of rotatable bonds is 22. The molecule has 13 nitrogen and oxygen atoms in total. The largest absolute Gasteiger partial charge is 0.481 e. The van der Waals surface area contributed by atoms with Crippen molar-refractivity contribution in [2.24, 2.45) is 0 Å². The highest BCUT2D eigenvalue weighted by atomic mass is 16.4. The first-order valence-corrected chi connectivity index (χ1v) is 13.0. The van der Waals surface area contributed by atoms with Crippen LogP contribution >= 0.6 is 0 Å². The molecule has 1 aromatic rings. The number of aliphatic carboxylic acids is 3. The van der Waals surface area contributed by atoms with Gasteiger partial charge in [0.2, 0.25) is 0 Å². The Bertz CT molecular complexity index is 927. The molecule has 0 atom stereocenters. The monoisotopic (exact) mass is 552 g/mol. The molecule has 1 aromatic carbocycles. The van der Waals surface area contributed by atoms with E-state index in [9.17, 15) is 29.2 Å². The zero-order valence-electron chi connectivity index (χ0n) is 22.9. The van der Waals surface area contributed by atoms with Crippen molar-refractivity contribution in [3.8, 4) is 0 Å². The molecule has 0 bridgehead atoms.